The zero-order chi connectivity index (χ0) is 14.1. The Labute approximate surface area is 119 Å². The monoisotopic (exact) mass is 271 g/mol. The van der Waals surface area contributed by atoms with Gasteiger partial charge in [0, 0.05) is 13.1 Å². The third kappa shape index (κ3) is 2.56. The summed E-state index contributed by atoms with van der Waals surface area (Å²) in [5, 5.41) is 4.32. The van der Waals surface area contributed by atoms with Crippen LogP contribution in [-0.2, 0) is 20.1 Å². The van der Waals surface area contributed by atoms with Gasteiger partial charge in [-0.2, -0.15) is 5.10 Å². The summed E-state index contributed by atoms with van der Waals surface area (Å²) in [4.78, 5) is 0. The van der Waals surface area contributed by atoms with Gasteiger partial charge < -0.3 is 10.5 Å². The molecule has 3 rings (SSSR count). The molecule has 2 aromatic rings. The van der Waals surface area contributed by atoms with Crippen molar-refractivity contribution < 1.29 is 4.74 Å². The van der Waals surface area contributed by atoms with Crippen LogP contribution in [0.4, 0.5) is 0 Å². The maximum Gasteiger partial charge on any atom is 0.130 e. The topological polar surface area (TPSA) is 53.1 Å². The molecule has 20 heavy (non-hydrogen) atoms. The Kier molecular flexibility index (Phi) is 3.49. The van der Waals surface area contributed by atoms with E-state index in [9.17, 15) is 0 Å². The van der Waals surface area contributed by atoms with Crippen LogP contribution >= 0.6 is 0 Å². The minimum atomic E-state index is 0.154. The number of rotatable bonds is 3. The standard InChI is InChI=1S/C16H21N3O/c1-11-8-13(19(2)18-11)10-20-14-7-6-12-4-3-5-16(17)15(12)9-14/h6-9,16H,3-5,10,17H2,1-2H3. The Morgan fingerprint density at radius 1 is 1.40 bits per heavy atom. The van der Waals surface area contributed by atoms with E-state index in [1.807, 2.05) is 30.8 Å². The number of benzene rings is 1. The number of aromatic nitrogens is 2. The summed E-state index contributed by atoms with van der Waals surface area (Å²) >= 11 is 0. The fourth-order valence-corrected chi connectivity index (χ4v) is 2.86. The van der Waals surface area contributed by atoms with Crippen molar-refractivity contribution in [2.75, 3.05) is 0 Å². The maximum absolute atomic E-state index is 6.18. The van der Waals surface area contributed by atoms with Crippen LogP contribution in [0, 0.1) is 6.92 Å². The van der Waals surface area contributed by atoms with Gasteiger partial charge in [0.05, 0.1) is 11.4 Å². The minimum Gasteiger partial charge on any atom is -0.487 e. The van der Waals surface area contributed by atoms with Crippen LogP contribution < -0.4 is 10.5 Å². The molecular formula is C16H21N3O. The molecule has 1 aliphatic carbocycles. The normalized spacial score (nSPS) is 17.9. The van der Waals surface area contributed by atoms with Crippen LogP contribution in [0.25, 0.3) is 0 Å². The molecule has 1 atom stereocenters. The second-order valence-corrected chi connectivity index (χ2v) is 5.55. The highest BCUT2D eigenvalue weighted by Gasteiger charge is 2.17. The van der Waals surface area contributed by atoms with Crippen molar-refractivity contribution in [2.45, 2.75) is 38.8 Å². The Hall–Kier alpha value is -1.81. The molecule has 0 saturated carbocycles. The SMILES string of the molecule is Cc1cc(COc2ccc3c(c2)C(N)CCC3)n(C)n1. The number of ether oxygens (including phenoxy) is 1. The summed E-state index contributed by atoms with van der Waals surface area (Å²) in [7, 11) is 1.94. The molecule has 106 valence electrons. The molecule has 0 radical (unpaired) electrons. The van der Waals surface area contributed by atoms with Crippen LogP contribution in [0.3, 0.4) is 0 Å². The average Bonchev–Trinajstić information content (AvgIpc) is 2.75. The highest BCUT2D eigenvalue weighted by atomic mass is 16.5. The van der Waals surface area contributed by atoms with Crippen LogP contribution in [0.1, 0.15) is 41.4 Å². The molecular weight excluding hydrogens is 250 g/mol. The maximum atomic E-state index is 6.18. The highest BCUT2D eigenvalue weighted by Crippen LogP contribution is 2.31. The van der Waals surface area contributed by atoms with Crippen molar-refractivity contribution in [1.82, 2.24) is 9.78 Å². The Bertz CT molecular complexity index is 618. The van der Waals surface area contributed by atoms with Crippen molar-refractivity contribution in [2.24, 2.45) is 12.8 Å². The van der Waals surface area contributed by atoms with Crippen LogP contribution in [0.5, 0.6) is 5.75 Å². The number of nitrogens with zero attached hydrogens (tertiary/aromatic N) is 2. The average molecular weight is 271 g/mol. The lowest BCUT2D eigenvalue weighted by Crippen LogP contribution is -2.17. The van der Waals surface area contributed by atoms with Gasteiger partial charge in [-0.25, -0.2) is 0 Å². The van der Waals surface area contributed by atoms with Gasteiger partial charge in [0.15, 0.2) is 0 Å². The van der Waals surface area contributed by atoms with E-state index in [0.29, 0.717) is 6.61 Å². The van der Waals surface area contributed by atoms with Crippen molar-refractivity contribution in [3.63, 3.8) is 0 Å². The van der Waals surface area contributed by atoms with Gasteiger partial charge >= 0.3 is 0 Å². The lowest BCUT2D eigenvalue weighted by atomic mass is 9.88. The van der Waals surface area contributed by atoms with Gasteiger partial charge in [-0.1, -0.05) is 6.07 Å². The molecule has 2 N–H and O–H groups in total. The van der Waals surface area contributed by atoms with Gasteiger partial charge in [-0.15, -0.1) is 0 Å². The van der Waals surface area contributed by atoms with E-state index in [4.69, 9.17) is 10.5 Å². The number of hydrogen-bond acceptors (Lipinski definition) is 3. The molecule has 0 amide bonds. The quantitative estimate of drug-likeness (QED) is 0.933. The summed E-state index contributed by atoms with van der Waals surface area (Å²) in [6.45, 7) is 2.52. The highest BCUT2D eigenvalue weighted by molar-refractivity contribution is 5.39. The number of fused-ring (bicyclic) bond motifs is 1. The first-order valence-electron chi connectivity index (χ1n) is 7.14. The number of aryl methyl sites for hydroxylation is 3. The molecule has 0 spiro atoms. The van der Waals surface area contributed by atoms with E-state index in [2.05, 4.69) is 17.2 Å². The van der Waals surface area contributed by atoms with E-state index in [-0.39, 0.29) is 6.04 Å². The summed E-state index contributed by atoms with van der Waals surface area (Å²) in [6, 6.07) is 8.49. The molecule has 1 unspecified atom stereocenters. The molecule has 4 heteroatoms. The lowest BCUT2D eigenvalue weighted by Gasteiger charge is -2.22. The minimum absolute atomic E-state index is 0.154. The van der Waals surface area contributed by atoms with Gasteiger partial charge in [-0.05, 0) is 55.5 Å². The first-order chi connectivity index (χ1) is 9.63. The summed E-state index contributed by atoms with van der Waals surface area (Å²) in [5.74, 6) is 0.889. The molecule has 0 fully saturated rings. The van der Waals surface area contributed by atoms with E-state index >= 15 is 0 Å². The predicted molar refractivity (Wildman–Crippen MR) is 78.6 cm³/mol. The largest absolute Gasteiger partial charge is 0.487 e. The molecule has 1 aromatic heterocycles. The zero-order valence-electron chi connectivity index (χ0n) is 12.1. The lowest BCUT2D eigenvalue weighted by molar-refractivity contribution is 0.294. The van der Waals surface area contributed by atoms with E-state index < -0.39 is 0 Å². The molecule has 1 aliphatic rings. The number of hydrogen-bond donors (Lipinski definition) is 1. The van der Waals surface area contributed by atoms with E-state index in [1.54, 1.807) is 0 Å². The smallest absolute Gasteiger partial charge is 0.130 e. The zero-order valence-corrected chi connectivity index (χ0v) is 12.1. The van der Waals surface area contributed by atoms with Gasteiger partial charge in [0.2, 0.25) is 0 Å². The van der Waals surface area contributed by atoms with Crippen molar-refractivity contribution in [1.29, 1.82) is 0 Å². The molecule has 0 bridgehead atoms. The predicted octanol–water partition coefficient (Wildman–Crippen LogP) is 2.64. The fraction of sp³-hybridized carbons (Fsp3) is 0.438. The first-order valence-corrected chi connectivity index (χ1v) is 7.14. The van der Waals surface area contributed by atoms with Crippen LogP contribution in [0.15, 0.2) is 24.3 Å². The Morgan fingerprint density at radius 3 is 3.00 bits per heavy atom. The third-order valence-corrected chi connectivity index (χ3v) is 3.96. The molecule has 1 heterocycles. The van der Waals surface area contributed by atoms with E-state index in [1.165, 1.54) is 17.5 Å². The fourth-order valence-electron chi connectivity index (χ4n) is 2.86. The molecule has 1 aromatic carbocycles. The van der Waals surface area contributed by atoms with E-state index in [0.717, 1.165) is 30.0 Å². The van der Waals surface area contributed by atoms with Crippen molar-refractivity contribution in [3.8, 4) is 5.75 Å². The molecule has 0 aliphatic heterocycles. The third-order valence-electron chi connectivity index (χ3n) is 3.96. The van der Waals surface area contributed by atoms with Crippen molar-refractivity contribution >= 4 is 0 Å². The second kappa shape index (κ2) is 5.29. The van der Waals surface area contributed by atoms with Crippen LogP contribution in [0.2, 0.25) is 0 Å². The summed E-state index contributed by atoms with van der Waals surface area (Å²) in [6.07, 6.45) is 3.38. The summed E-state index contributed by atoms with van der Waals surface area (Å²) < 4.78 is 7.74. The second-order valence-electron chi connectivity index (χ2n) is 5.55. The first kappa shape index (κ1) is 13.2. The van der Waals surface area contributed by atoms with Gasteiger partial charge in [-0.3, -0.25) is 4.68 Å². The van der Waals surface area contributed by atoms with Crippen LogP contribution in [-0.4, -0.2) is 9.78 Å². The summed E-state index contributed by atoms with van der Waals surface area (Å²) in [5.41, 5.74) is 10.9. The molecule has 0 saturated heterocycles. The molecule has 4 nitrogen and oxygen atoms in total. The van der Waals surface area contributed by atoms with Crippen molar-refractivity contribution in [3.05, 3.63) is 46.8 Å². The number of nitrogens with two attached hydrogens (primary N) is 1. The Morgan fingerprint density at radius 2 is 2.25 bits per heavy atom. The van der Waals surface area contributed by atoms with Gasteiger partial charge in [0.1, 0.15) is 12.4 Å². The Balaban J connectivity index is 1.75. The van der Waals surface area contributed by atoms with Gasteiger partial charge in [0.25, 0.3) is 0 Å².